The number of rotatable bonds is 4. The Labute approximate surface area is 172 Å². The van der Waals surface area contributed by atoms with E-state index < -0.39 is 0 Å². The Morgan fingerprint density at radius 1 is 1.04 bits per heavy atom. The molecule has 2 heterocycles. The van der Waals surface area contributed by atoms with Crippen molar-refractivity contribution < 1.29 is 9.53 Å². The minimum Gasteiger partial charge on any atom is -0.497 e. The highest BCUT2D eigenvalue weighted by molar-refractivity contribution is 7.08. The molecule has 1 aromatic heterocycles. The maximum atomic E-state index is 13.1. The Bertz CT molecular complexity index is 951. The molecule has 144 valence electrons. The van der Waals surface area contributed by atoms with E-state index >= 15 is 0 Å². The molecular formula is C20H19ClN4O2S. The van der Waals surface area contributed by atoms with Gasteiger partial charge in [-0.1, -0.05) is 16.1 Å². The van der Waals surface area contributed by atoms with E-state index in [2.05, 4.69) is 14.5 Å². The zero-order chi connectivity index (χ0) is 19.5. The van der Waals surface area contributed by atoms with Crippen LogP contribution >= 0.6 is 23.1 Å². The SMILES string of the molecule is COc1ccc(-c2nnsc2C(=O)N2CCN(c3ccc(Cl)cc3)CC2)cc1. The summed E-state index contributed by atoms with van der Waals surface area (Å²) in [5.74, 6) is 0.745. The Kier molecular flexibility index (Phi) is 5.45. The number of anilines is 1. The molecule has 0 aliphatic carbocycles. The first kappa shape index (κ1) is 18.7. The third-order valence-corrected chi connectivity index (χ3v) is 5.77. The smallest absolute Gasteiger partial charge is 0.268 e. The molecule has 8 heteroatoms. The summed E-state index contributed by atoms with van der Waals surface area (Å²) in [6.45, 7) is 2.86. The molecule has 1 amide bonds. The fraction of sp³-hybridized carbons (Fsp3) is 0.250. The Hall–Kier alpha value is -2.64. The first-order valence-corrected chi connectivity index (χ1v) is 10.1. The highest BCUT2D eigenvalue weighted by Gasteiger charge is 2.26. The maximum absolute atomic E-state index is 13.1. The minimum absolute atomic E-state index is 0.0171. The highest BCUT2D eigenvalue weighted by Crippen LogP contribution is 2.28. The second-order valence-electron chi connectivity index (χ2n) is 6.43. The summed E-state index contributed by atoms with van der Waals surface area (Å²) in [6, 6.07) is 15.3. The van der Waals surface area contributed by atoms with Gasteiger partial charge < -0.3 is 14.5 Å². The van der Waals surface area contributed by atoms with E-state index in [0.29, 0.717) is 23.7 Å². The number of benzene rings is 2. The van der Waals surface area contributed by atoms with Crippen molar-refractivity contribution in [3.05, 3.63) is 58.4 Å². The van der Waals surface area contributed by atoms with E-state index in [4.69, 9.17) is 16.3 Å². The number of amides is 1. The molecule has 0 N–H and O–H groups in total. The zero-order valence-electron chi connectivity index (χ0n) is 15.3. The third kappa shape index (κ3) is 3.81. The van der Waals surface area contributed by atoms with Gasteiger partial charge in [-0.2, -0.15) is 0 Å². The molecule has 2 aromatic carbocycles. The monoisotopic (exact) mass is 414 g/mol. The van der Waals surface area contributed by atoms with Gasteiger partial charge in [0.1, 0.15) is 16.3 Å². The van der Waals surface area contributed by atoms with Crippen LogP contribution in [0.1, 0.15) is 9.67 Å². The molecule has 6 nitrogen and oxygen atoms in total. The van der Waals surface area contributed by atoms with Crippen molar-refractivity contribution in [3.8, 4) is 17.0 Å². The van der Waals surface area contributed by atoms with Gasteiger partial charge in [-0.25, -0.2) is 0 Å². The summed E-state index contributed by atoms with van der Waals surface area (Å²) in [7, 11) is 1.62. The number of methoxy groups -OCH3 is 1. The van der Waals surface area contributed by atoms with E-state index in [-0.39, 0.29) is 5.91 Å². The van der Waals surface area contributed by atoms with E-state index in [0.717, 1.165) is 46.6 Å². The third-order valence-electron chi connectivity index (χ3n) is 4.80. The molecule has 1 saturated heterocycles. The molecule has 28 heavy (non-hydrogen) atoms. The molecule has 0 atom stereocenters. The Balaban J connectivity index is 1.46. The largest absolute Gasteiger partial charge is 0.497 e. The van der Waals surface area contributed by atoms with Crippen molar-refractivity contribution in [1.29, 1.82) is 0 Å². The van der Waals surface area contributed by atoms with Gasteiger partial charge in [-0.15, -0.1) is 5.10 Å². The molecule has 3 aromatic rings. The summed E-state index contributed by atoms with van der Waals surface area (Å²) < 4.78 is 9.21. The summed E-state index contributed by atoms with van der Waals surface area (Å²) in [6.07, 6.45) is 0. The van der Waals surface area contributed by atoms with Crippen molar-refractivity contribution in [2.24, 2.45) is 0 Å². The highest BCUT2D eigenvalue weighted by atomic mass is 35.5. The number of carbonyl (C=O) groups is 1. The number of piperazine rings is 1. The number of hydrogen-bond donors (Lipinski definition) is 0. The van der Waals surface area contributed by atoms with Crippen molar-refractivity contribution in [2.45, 2.75) is 0 Å². The molecule has 1 aliphatic rings. The standard InChI is InChI=1S/C20H19ClN4O2S/c1-27-17-8-2-14(3-9-17)18-19(28-23-22-18)20(26)25-12-10-24(11-13-25)16-6-4-15(21)5-7-16/h2-9H,10-13H2,1H3. The molecule has 4 rings (SSSR count). The van der Waals surface area contributed by atoms with Crippen molar-refractivity contribution in [3.63, 3.8) is 0 Å². The van der Waals surface area contributed by atoms with Gasteiger partial charge in [-0.05, 0) is 60.1 Å². The van der Waals surface area contributed by atoms with Crippen molar-refractivity contribution in [2.75, 3.05) is 38.2 Å². The summed E-state index contributed by atoms with van der Waals surface area (Å²) in [5, 5.41) is 4.91. The fourth-order valence-corrected chi connectivity index (χ4v) is 4.01. The number of aromatic nitrogens is 2. The van der Waals surface area contributed by atoms with Crippen molar-refractivity contribution in [1.82, 2.24) is 14.5 Å². The van der Waals surface area contributed by atoms with Crippen LogP contribution in [0.3, 0.4) is 0 Å². The van der Waals surface area contributed by atoms with Crippen LogP contribution in [0, 0.1) is 0 Å². The van der Waals surface area contributed by atoms with E-state index in [1.807, 2.05) is 53.4 Å². The molecule has 1 aliphatic heterocycles. The van der Waals surface area contributed by atoms with Crippen LogP contribution in [0.4, 0.5) is 5.69 Å². The number of nitrogens with zero attached hydrogens (tertiary/aromatic N) is 4. The van der Waals surface area contributed by atoms with E-state index in [9.17, 15) is 4.79 Å². The molecule has 0 spiro atoms. The molecule has 0 radical (unpaired) electrons. The van der Waals surface area contributed by atoms with Crippen LogP contribution in [0.2, 0.25) is 5.02 Å². The summed E-state index contributed by atoms with van der Waals surface area (Å²) in [5.41, 5.74) is 2.60. The first-order chi connectivity index (χ1) is 13.7. The quantitative estimate of drug-likeness (QED) is 0.649. The number of carbonyl (C=O) groups excluding carboxylic acids is 1. The van der Waals surface area contributed by atoms with Gasteiger partial charge in [0, 0.05) is 42.5 Å². The average molecular weight is 415 g/mol. The van der Waals surface area contributed by atoms with Gasteiger partial charge in [-0.3, -0.25) is 4.79 Å². The second kappa shape index (κ2) is 8.16. The van der Waals surface area contributed by atoms with Gasteiger partial charge in [0.15, 0.2) is 0 Å². The molecular weight excluding hydrogens is 396 g/mol. The van der Waals surface area contributed by atoms with Gasteiger partial charge in [0.05, 0.1) is 7.11 Å². The van der Waals surface area contributed by atoms with Crippen molar-refractivity contribution >= 4 is 34.7 Å². The number of ether oxygens (including phenoxy) is 1. The zero-order valence-corrected chi connectivity index (χ0v) is 16.9. The van der Waals surface area contributed by atoms with Crippen LogP contribution in [0.15, 0.2) is 48.5 Å². The first-order valence-electron chi connectivity index (χ1n) is 8.92. The van der Waals surface area contributed by atoms with Crippen LogP contribution in [-0.4, -0.2) is 53.7 Å². The number of hydrogen-bond acceptors (Lipinski definition) is 6. The van der Waals surface area contributed by atoms with Crippen LogP contribution in [0.25, 0.3) is 11.3 Å². The minimum atomic E-state index is -0.0171. The maximum Gasteiger partial charge on any atom is 0.268 e. The molecule has 0 saturated carbocycles. The second-order valence-corrected chi connectivity index (χ2v) is 7.63. The normalized spacial score (nSPS) is 14.2. The fourth-order valence-electron chi connectivity index (χ4n) is 3.23. The van der Waals surface area contributed by atoms with Crippen LogP contribution < -0.4 is 9.64 Å². The van der Waals surface area contributed by atoms with Gasteiger partial charge in [0.25, 0.3) is 5.91 Å². The van der Waals surface area contributed by atoms with Crippen LogP contribution in [-0.2, 0) is 0 Å². The molecule has 0 bridgehead atoms. The topological polar surface area (TPSA) is 58.6 Å². The molecule has 0 unspecified atom stereocenters. The summed E-state index contributed by atoms with van der Waals surface area (Å²) >= 11 is 7.11. The van der Waals surface area contributed by atoms with Gasteiger partial charge >= 0.3 is 0 Å². The average Bonchev–Trinajstić information content (AvgIpc) is 3.24. The lowest BCUT2D eigenvalue weighted by Crippen LogP contribution is -2.48. The van der Waals surface area contributed by atoms with E-state index in [1.165, 1.54) is 0 Å². The predicted octanol–water partition coefficient (Wildman–Crippen LogP) is 3.83. The summed E-state index contributed by atoms with van der Waals surface area (Å²) in [4.78, 5) is 17.8. The van der Waals surface area contributed by atoms with Gasteiger partial charge in [0.2, 0.25) is 0 Å². The van der Waals surface area contributed by atoms with Crippen LogP contribution in [0.5, 0.6) is 5.75 Å². The molecule has 1 fully saturated rings. The lowest BCUT2D eigenvalue weighted by molar-refractivity contribution is 0.0752. The predicted molar refractivity (Wildman–Crippen MR) is 111 cm³/mol. The Morgan fingerprint density at radius 3 is 2.36 bits per heavy atom. The lowest BCUT2D eigenvalue weighted by Gasteiger charge is -2.36. The number of halogens is 1. The Morgan fingerprint density at radius 2 is 1.71 bits per heavy atom. The lowest BCUT2D eigenvalue weighted by atomic mass is 10.1. The van der Waals surface area contributed by atoms with E-state index in [1.54, 1.807) is 7.11 Å².